The Morgan fingerprint density at radius 2 is 2.20 bits per heavy atom. The first-order valence-electron chi connectivity index (χ1n) is 6.13. The molecule has 7 heteroatoms. The van der Waals surface area contributed by atoms with E-state index in [1.807, 2.05) is 0 Å². The first-order valence-corrected chi connectivity index (χ1v) is 6.51. The average molecular weight is 299 g/mol. The van der Waals surface area contributed by atoms with Crippen LogP contribution < -0.4 is 0 Å². The minimum atomic E-state index is -1.03. The van der Waals surface area contributed by atoms with Gasteiger partial charge in [0.15, 0.2) is 0 Å². The Kier molecular flexibility index (Phi) is 4.25. The maximum atomic E-state index is 12.4. The Labute approximate surface area is 121 Å². The predicted octanol–water partition coefficient (Wildman–Crippen LogP) is 1.36. The number of hydrogen-bond acceptors (Lipinski definition) is 4. The second kappa shape index (κ2) is 5.76. The first-order chi connectivity index (χ1) is 9.42. The van der Waals surface area contributed by atoms with Crippen LogP contribution in [0.4, 0.5) is 0 Å². The van der Waals surface area contributed by atoms with Crippen LogP contribution in [0.25, 0.3) is 0 Å². The van der Waals surface area contributed by atoms with Crippen molar-refractivity contribution in [2.75, 3.05) is 13.7 Å². The summed E-state index contributed by atoms with van der Waals surface area (Å²) in [6.45, 7) is 1.98. The summed E-state index contributed by atoms with van der Waals surface area (Å²) in [6.07, 6.45) is 0.0218. The van der Waals surface area contributed by atoms with Gasteiger partial charge in [0.25, 0.3) is 5.91 Å². The maximum absolute atomic E-state index is 12.4. The Bertz CT molecular complexity index is 529. The molecule has 1 amide bonds. The van der Waals surface area contributed by atoms with Gasteiger partial charge in [0.2, 0.25) is 0 Å². The monoisotopic (exact) mass is 298 g/mol. The van der Waals surface area contributed by atoms with Crippen molar-refractivity contribution >= 4 is 23.5 Å². The van der Waals surface area contributed by atoms with Gasteiger partial charge >= 0.3 is 5.97 Å². The van der Waals surface area contributed by atoms with Crippen molar-refractivity contribution in [2.45, 2.75) is 25.5 Å². The van der Waals surface area contributed by atoms with Gasteiger partial charge in [-0.15, -0.1) is 0 Å². The van der Waals surface area contributed by atoms with Crippen LogP contribution in [0.15, 0.2) is 12.1 Å². The van der Waals surface area contributed by atoms with Gasteiger partial charge in [0.1, 0.15) is 11.2 Å². The fourth-order valence-corrected chi connectivity index (χ4v) is 2.59. The number of halogens is 1. The summed E-state index contributed by atoms with van der Waals surface area (Å²) in [6, 6.07) is 2.16. The lowest BCUT2D eigenvalue weighted by atomic mass is 10.1. The van der Waals surface area contributed by atoms with Gasteiger partial charge < -0.3 is 14.7 Å². The number of aryl methyl sites for hydroxylation is 1. The Hall–Kier alpha value is -1.66. The molecule has 1 aromatic rings. The highest BCUT2D eigenvalue weighted by molar-refractivity contribution is 6.29. The molecule has 0 spiro atoms. The number of amides is 1. The van der Waals surface area contributed by atoms with Crippen LogP contribution in [0, 0.1) is 6.92 Å². The highest BCUT2D eigenvalue weighted by Gasteiger charge is 2.40. The largest absolute Gasteiger partial charge is 0.480 e. The summed E-state index contributed by atoms with van der Waals surface area (Å²) in [5.74, 6) is -1.40. The number of carbonyl (C=O) groups excluding carboxylic acids is 1. The molecule has 1 fully saturated rings. The number of hydrogen-bond donors (Lipinski definition) is 1. The van der Waals surface area contributed by atoms with Crippen molar-refractivity contribution in [1.29, 1.82) is 0 Å². The topological polar surface area (TPSA) is 79.7 Å². The van der Waals surface area contributed by atoms with E-state index >= 15 is 0 Å². The lowest BCUT2D eigenvalue weighted by Gasteiger charge is -2.21. The Morgan fingerprint density at radius 1 is 1.50 bits per heavy atom. The SMILES string of the molecule is COC1CC(C(=O)O)N(C(=O)c2cc(C)nc(Cl)c2)C1. The predicted molar refractivity (Wildman–Crippen MR) is 71.9 cm³/mol. The van der Waals surface area contributed by atoms with E-state index < -0.39 is 12.0 Å². The lowest BCUT2D eigenvalue weighted by Crippen LogP contribution is -2.40. The van der Waals surface area contributed by atoms with Crippen LogP contribution in [0.2, 0.25) is 5.15 Å². The molecule has 1 aromatic heterocycles. The fourth-order valence-electron chi connectivity index (χ4n) is 2.34. The summed E-state index contributed by atoms with van der Waals surface area (Å²) in [4.78, 5) is 29.0. The number of carboxylic acid groups (broad SMARTS) is 1. The van der Waals surface area contributed by atoms with E-state index in [0.717, 1.165) is 0 Å². The molecule has 1 saturated heterocycles. The molecule has 0 bridgehead atoms. The second-order valence-corrected chi connectivity index (χ2v) is 5.11. The number of ether oxygens (including phenoxy) is 1. The van der Waals surface area contributed by atoms with Crippen molar-refractivity contribution in [2.24, 2.45) is 0 Å². The van der Waals surface area contributed by atoms with Crippen LogP contribution in [0.3, 0.4) is 0 Å². The minimum absolute atomic E-state index is 0.211. The fraction of sp³-hybridized carbons (Fsp3) is 0.462. The zero-order valence-corrected chi connectivity index (χ0v) is 11.9. The molecule has 2 heterocycles. The van der Waals surface area contributed by atoms with Crippen molar-refractivity contribution in [1.82, 2.24) is 9.88 Å². The highest BCUT2D eigenvalue weighted by atomic mass is 35.5. The van der Waals surface area contributed by atoms with Crippen molar-refractivity contribution in [3.63, 3.8) is 0 Å². The van der Waals surface area contributed by atoms with Crippen molar-refractivity contribution < 1.29 is 19.4 Å². The van der Waals surface area contributed by atoms with E-state index in [-0.39, 0.29) is 30.1 Å². The van der Waals surface area contributed by atoms with Gasteiger partial charge in [-0.1, -0.05) is 11.6 Å². The van der Waals surface area contributed by atoms with E-state index in [2.05, 4.69) is 4.98 Å². The molecule has 1 aliphatic heterocycles. The first kappa shape index (κ1) is 14.7. The number of pyridine rings is 1. The number of carboxylic acids is 1. The number of rotatable bonds is 3. The molecule has 2 rings (SSSR count). The van der Waals surface area contributed by atoms with E-state index in [4.69, 9.17) is 16.3 Å². The minimum Gasteiger partial charge on any atom is -0.480 e. The van der Waals surface area contributed by atoms with Crippen LogP contribution in [-0.4, -0.2) is 52.7 Å². The van der Waals surface area contributed by atoms with Gasteiger partial charge in [-0.2, -0.15) is 0 Å². The zero-order valence-electron chi connectivity index (χ0n) is 11.2. The third kappa shape index (κ3) is 2.91. The van der Waals surface area contributed by atoms with Gasteiger partial charge in [-0.3, -0.25) is 4.79 Å². The average Bonchev–Trinajstić information content (AvgIpc) is 2.81. The molecule has 2 atom stereocenters. The molecular formula is C13H15ClN2O4. The highest BCUT2D eigenvalue weighted by Crippen LogP contribution is 2.23. The second-order valence-electron chi connectivity index (χ2n) is 4.72. The number of aromatic nitrogens is 1. The maximum Gasteiger partial charge on any atom is 0.326 e. The van der Waals surface area contributed by atoms with E-state index in [9.17, 15) is 14.7 Å². The van der Waals surface area contributed by atoms with Crippen LogP contribution >= 0.6 is 11.6 Å². The smallest absolute Gasteiger partial charge is 0.326 e. The number of likely N-dealkylation sites (tertiary alicyclic amines) is 1. The van der Waals surface area contributed by atoms with Gasteiger partial charge in [-0.25, -0.2) is 9.78 Å². The Morgan fingerprint density at radius 3 is 2.75 bits per heavy atom. The summed E-state index contributed by atoms with van der Waals surface area (Å²) >= 11 is 5.83. The summed E-state index contributed by atoms with van der Waals surface area (Å²) in [7, 11) is 1.50. The van der Waals surface area contributed by atoms with E-state index in [1.165, 1.54) is 18.1 Å². The van der Waals surface area contributed by atoms with Crippen molar-refractivity contribution in [3.05, 3.63) is 28.5 Å². The summed E-state index contributed by atoms with van der Waals surface area (Å²) in [5.41, 5.74) is 0.945. The van der Waals surface area contributed by atoms with Gasteiger partial charge in [0.05, 0.1) is 6.10 Å². The van der Waals surface area contributed by atoms with E-state index in [1.54, 1.807) is 13.0 Å². The standard InChI is InChI=1S/C13H15ClN2O4/c1-7-3-8(4-11(14)15-7)12(17)16-6-9(20-2)5-10(16)13(18)19/h3-4,9-10H,5-6H2,1-2H3,(H,18,19). The molecule has 6 nitrogen and oxygen atoms in total. The van der Waals surface area contributed by atoms with Crippen molar-refractivity contribution in [3.8, 4) is 0 Å². The molecule has 108 valence electrons. The zero-order chi connectivity index (χ0) is 14.9. The number of methoxy groups -OCH3 is 1. The molecule has 1 aliphatic rings. The molecule has 1 N–H and O–H groups in total. The molecular weight excluding hydrogens is 284 g/mol. The van der Waals surface area contributed by atoms with Gasteiger partial charge in [0, 0.05) is 31.3 Å². The third-order valence-electron chi connectivity index (χ3n) is 3.31. The van der Waals surface area contributed by atoms with Gasteiger partial charge in [-0.05, 0) is 19.1 Å². The molecule has 2 unspecified atom stereocenters. The lowest BCUT2D eigenvalue weighted by molar-refractivity contribution is -0.141. The molecule has 0 aliphatic carbocycles. The van der Waals surface area contributed by atoms with Crippen LogP contribution in [-0.2, 0) is 9.53 Å². The molecule has 0 saturated carbocycles. The van der Waals surface area contributed by atoms with E-state index in [0.29, 0.717) is 11.3 Å². The van der Waals surface area contributed by atoms with Crippen LogP contribution in [0.5, 0.6) is 0 Å². The summed E-state index contributed by atoms with van der Waals surface area (Å²) < 4.78 is 5.16. The van der Waals surface area contributed by atoms with Crippen LogP contribution in [0.1, 0.15) is 22.5 Å². The molecule has 0 radical (unpaired) electrons. The molecule has 20 heavy (non-hydrogen) atoms. The Balaban J connectivity index is 2.28. The quantitative estimate of drug-likeness (QED) is 0.852. The third-order valence-corrected chi connectivity index (χ3v) is 3.50. The number of aliphatic carboxylic acids is 1. The number of carbonyl (C=O) groups is 2. The normalized spacial score (nSPS) is 22.1. The summed E-state index contributed by atoms with van der Waals surface area (Å²) in [5, 5.41) is 9.42. The number of nitrogens with zero attached hydrogens (tertiary/aromatic N) is 2. The molecule has 0 aromatic carbocycles.